The van der Waals surface area contributed by atoms with Gasteiger partial charge in [0.05, 0.1) is 18.3 Å². The van der Waals surface area contributed by atoms with Gasteiger partial charge in [-0.1, -0.05) is 30.2 Å². The van der Waals surface area contributed by atoms with Gasteiger partial charge in [0.1, 0.15) is 0 Å². The highest BCUT2D eigenvalue weighted by Gasteiger charge is 2.20. The highest BCUT2D eigenvalue weighted by molar-refractivity contribution is 5.89. The Bertz CT molecular complexity index is 490. The van der Waals surface area contributed by atoms with Crippen molar-refractivity contribution < 1.29 is 14.3 Å². The lowest BCUT2D eigenvalue weighted by Crippen LogP contribution is -2.20. The highest BCUT2D eigenvalue weighted by Crippen LogP contribution is 2.29. The van der Waals surface area contributed by atoms with Crippen molar-refractivity contribution in [3.05, 3.63) is 47.0 Å². The number of carbonyl (C=O) groups is 1. The van der Waals surface area contributed by atoms with Crippen molar-refractivity contribution in [2.75, 3.05) is 13.7 Å². The molecule has 0 radical (unpaired) electrons. The van der Waals surface area contributed by atoms with Crippen LogP contribution in [0.25, 0.3) is 0 Å². The fourth-order valence-electron chi connectivity index (χ4n) is 2.84. The molecule has 114 valence electrons. The largest absolute Gasteiger partial charge is 0.462 e. The maximum atomic E-state index is 11.9. The fourth-order valence-corrected chi connectivity index (χ4v) is 2.84. The summed E-state index contributed by atoms with van der Waals surface area (Å²) in [4.78, 5) is 11.9. The minimum Gasteiger partial charge on any atom is -0.462 e. The minimum atomic E-state index is -0.250. The monoisotopic (exact) mass is 288 g/mol. The van der Waals surface area contributed by atoms with E-state index in [-0.39, 0.29) is 12.1 Å². The van der Waals surface area contributed by atoms with Crippen LogP contribution in [-0.2, 0) is 9.47 Å². The molecule has 1 atom stereocenters. The number of rotatable bonds is 5. The van der Waals surface area contributed by atoms with Gasteiger partial charge in [-0.2, -0.15) is 0 Å². The Morgan fingerprint density at radius 2 is 2.00 bits per heavy atom. The fraction of sp³-hybridized carbons (Fsp3) is 0.500. The van der Waals surface area contributed by atoms with E-state index in [0.29, 0.717) is 12.2 Å². The first-order chi connectivity index (χ1) is 10.2. The summed E-state index contributed by atoms with van der Waals surface area (Å²) in [5, 5.41) is 0. The lowest BCUT2D eigenvalue weighted by Gasteiger charge is -2.26. The van der Waals surface area contributed by atoms with Crippen molar-refractivity contribution in [1.82, 2.24) is 0 Å². The first-order valence-electron chi connectivity index (χ1n) is 7.66. The molecule has 3 heteroatoms. The SMILES string of the molecule is COC1CCCC/C1=C(\C)CCOC(=O)c1ccccc1. The zero-order valence-electron chi connectivity index (χ0n) is 12.9. The Hall–Kier alpha value is -1.61. The van der Waals surface area contributed by atoms with Crippen LogP contribution in [0.15, 0.2) is 41.5 Å². The van der Waals surface area contributed by atoms with Gasteiger partial charge in [0.25, 0.3) is 0 Å². The number of ether oxygens (including phenoxy) is 2. The molecule has 21 heavy (non-hydrogen) atoms. The first kappa shape index (κ1) is 15.8. The number of carbonyl (C=O) groups excluding carboxylic acids is 1. The summed E-state index contributed by atoms with van der Waals surface area (Å²) < 4.78 is 10.9. The summed E-state index contributed by atoms with van der Waals surface area (Å²) >= 11 is 0. The van der Waals surface area contributed by atoms with E-state index in [0.717, 1.165) is 19.3 Å². The molecule has 0 bridgehead atoms. The van der Waals surface area contributed by atoms with Gasteiger partial charge in [-0.15, -0.1) is 0 Å². The number of hydrogen-bond acceptors (Lipinski definition) is 3. The topological polar surface area (TPSA) is 35.5 Å². The van der Waals surface area contributed by atoms with Crippen molar-refractivity contribution in [3.8, 4) is 0 Å². The van der Waals surface area contributed by atoms with Gasteiger partial charge in [-0.05, 0) is 43.9 Å². The lowest BCUT2D eigenvalue weighted by molar-refractivity contribution is 0.0508. The summed E-state index contributed by atoms with van der Waals surface area (Å²) in [6.45, 7) is 2.56. The number of hydrogen-bond donors (Lipinski definition) is 0. The second-order valence-electron chi connectivity index (χ2n) is 5.53. The molecule has 0 heterocycles. The Balaban J connectivity index is 1.86. The van der Waals surface area contributed by atoms with Crippen LogP contribution in [0.3, 0.4) is 0 Å². The molecule has 1 aromatic rings. The van der Waals surface area contributed by atoms with Crippen LogP contribution in [-0.4, -0.2) is 25.8 Å². The van der Waals surface area contributed by atoms with E-state index in [1.54, 1.807) is 19.2 Å². The molecule has 3 nitrogen and oxygen atoms in total. The molecule has 1 aliphatic rings. The molecule has 0 spiro atoms. The first-order valence-corrected chi connectivity index (χ1v) is 7.66. The predicted octanol–water partition coefficient (Wildman–Crippen LogP) is 4.14. The van der Waals surface area contributed by atoms with Gasteiger partial charge in [0.15, 0.2) is 0 Å². The van der Waals surface area contributed by atoms with Gasteiger partial charge in [-0.3, -0.25) is 0 Å². The van der Waals surface area contributed by atoms with E-state index in [1.165, 1.54) is 24.0 Å². The zero-order chi connectivity index (χ0) is 15.1. The third-order valence-corrected chi connectivity index (χ3v) is 4.10. The third-order valence-electron chi connectivity index (χ3n) is 4.10. The number of benzene rings is 1. The highest BCUT2D eigenvalue weighted by atomic mass is 16.5. The number of esters is 1. The van der Waals surface area contributed by atoms with Crippen LogP contribution < -0.4 is 0 Å². The summed E-state index contributed by atoms with van der Waals surface area (Å²) in [7, 11) is 1.78. The summed E-state index contributed by atoms with van der Waals surface area (Å²) in [6.07, 6.45) is 5.72. The van der Waals surface area contributed by atoms with Crippen LogP contribution in [0, 0.1) is 0 Å². The van der Waals surface area contributed by atoms with Crippen molar-refractivity contribution in [2.24, 2.45) is 0 Å². The van der Waals surface area contributed by atoms with E-state index >= 15 is 0 Å². The molecule has 1 saturated carbocycles. The molecule has 1 fully saturated rings. The standard InChI is InChI=1S/C18H24O3/c1-14(16-10-6-7-11-17(16)20-2)12-13-21-18(19)15-8-4-3-5-9-15/h3-5,8-9,17H,6-7,10-13H2,1-2H3/b16-14-. The van der Waals surface area contributed by atoms with Crippen LogP contribution in [0.2, 0.25) is 0 Å². The quantitative estimate of drug-likeness (QED) is 0.603. The van der Waals surface area contributed by atoms with Crippen molar-refractivity contribution in [2.45, 2.75) is 45.1 Å². The third kappa shape index (κ3) is 4.43. The molecule has 0 amide bonds. The molecule has 0 N–H and O–H groups in total. The van der Waals surface area contributed by atoms with Crippen LogP contribution in [0.5, 0.6) is 0 Å². The molecule has 0 aromatic heterocycles. The van der Waals surface area contributed by atoms with Gasteiger partial charge in [0.2, 0.25) is 0 Å². The van der Waals surface area contributed by atoms with E-state index in [9.17, 15) is 4.79 Å². The summed E-state index contributed by atoms with van der Waals surface area (Å²) in [6, 6.07) is 9.12. The zero-order valence-corrected chi connectivity index (χ0v) is 12.9. The van der Waals surface area contributed by atoms with Gasteiger partial charge in [-0.25, -0.2) is 4.79 Å². The Kier molecular flexibility index (Phi) is 6.00. The van der Waals surface area contributed by atoms with E-state index in [4.69, 9.17) is 9.47 Å². The average molecular weight is 288 g/mol. The van der Waals surface area contributed by atoms with Gasteiger partial charge >= 0.3 is 5.97 Å². The summed E-state index contributed by atoms with van der Waals surface area (Å²) in [5.74, 6) is -0.250. The second-order valence-corrected chi connectivity index (χ2v) is 5.53. The van der Waals surface area contributed by atoms with E-state index in [1.807, 2.05) is 18.2 Å². The molecule has 1 unspecified atom stereocenters. The minimum absolute atomic E-state index is 0.250. The van der Waals surface area contributed by atoms with E-state index < -0.39 is 0 Å². The maximum Gasteiger partial charge on any atom is 0.338 e. The van der Waals surface area contributed by atoms with E-state index in [2.05, 4.69) is 6.92 Å². The van der Waals surface area contributed by atoms with Crippen LogP contribution in [0.4, 0.5) is 0 Å². The van der Waals surface area contributed by atoms with Gasteiger partial charge < -0.3 is 9.47 Å². The van der Waals surface area contributed by atoms with Crippen LogP contribution in [0.1, 0.15) is 49.4 Å². The summed E-state index contributed by atoms with van der Waals surface area (Å²) in [5.41, 5.74) is 3.32. The molecule has 1 aromatic carbocycles. The second kappa shape index (κ2) is 7.99. The molecular weight excluding hydrogens is 264 g/mol. The Labute approximate surface area is 127 Å². The molecular formula is C18H24O3. The van der Waals surface area contributed by atoms with Gasteiger partial charge in [0, 0.05) is 13.5 Å². The average Bonchev–Trinajstić information content (AvgIpc) is 2.55. The molecule has 0 aliphatic heterocycles. The van der Waals surface area contributed by atoms with Crippen molar-refractivity contribution in [3.63, 3.8) is 0 Å². The smallest absolute Gasteiger partial charge is 0.338 e. The predicted molar refractivity (Wildman–Crippen MR) is 83.3 cm³/mol. The van der Waals surface area contributed by atoms with Crippen molar-refractivity contribution in [1.29, 1.82) is 0 Å². The molecule has 0 saturated heterocycles. The Morgan fingerprint density at radius 1 is 1.24 bits per heavy atom. The van der Waals surface area contributed by atoms with Crippen LogP contribution >= 0.6 is 0 Å². The Morgan fingerprint density at radius 3 is 2.71 bits per heavy atom. The van der Waals surface area contributed by atoms with Crippen molar-refractivity contribution >= 4 is 5.97 Å². The lowest BCUT2D eigenvalue weighted by atomic mass is 9.88. The normalized spacial score (nSPS) is 21.0. The number of methoxy groups -OCH3 is 1. The molecule has 1 aliphatic carbocycles. The molecule has 2 rings (SSSR count). The maximum absolute atomic E-state index is 11.9.